The van der Waals surface area contributed by atoms with Crippen LogP contribution >= 0.6 is 0 Å². The first-order valence-corrected chi connectivity index (χ1v) is 6.50. The predicted octanol–water partition coefficient (Wildman–Crippen LogP) is 1.47. The van der Waals surface area contributed by atoms with Crippen LogP contribution in [0.25, 0.3) is 0 Å². The number of carbonyl (C=O) groups excluding carboxylic acids is 1. The molecule has 1 amide bonds. The lowest BCUT2D eigenvalue weighted by molar-refractivity contribution is -0.120. The Bertz CT molecular complexity index is 455. The molecular formula is C14H18N2O2. The van der Waals surface area contributed by atoms with Crippen LogP contribution in [-0.2, 0) is 9.53 Å². The third-order valence-corrected chi connectivity index (χ3v) is 3.75. The van der Waals surface area contributed by atoms with Crippen LogP contribution in [0.4, 0.5) is 5.69 Å². The maximum absolute atomic E-state index is 12.4. The first-order valence-electron chi connectivity index (χ1n) is 6.50. The van der Waals surface area contributed by atoms with Crippen LogP contribution in [0.5, 0.6) is 0 Å². The molecule has 2 aliphatic heterocycles. The number of para-hydroxylation sites is 1. The van der Waals surface area contributed by atoms with Gasteiger partial charge < -0.3 is 15.0 Å². The topological polar surface area (TPSA) is 41.6 Å². The molecule has 1 saturated heterocycles. The summed E-state index contributed by atoms with van der Waals surface area (Å²) in [5.74, 6) is 0.134. The van der Waals surface area contributed by atoms with Crippen LogP contribution in [0, 0.1) is 0 Å². The number of ether oxygens (including phenoxy) is 1. The van der Waals surface area contributed by atoms with Crippen LogP contribution in [0.2, 0.25) is 0 Å². The van der Waals surface area contributed by atoms with E-state index in [1.807, 2.05) is 36.2 Å². The van der Waals surface area contributed by atoms with E-state index in [9.17, 15) is 4.79 Å². The highest BCUT2D eigenvalue weighted by Gasteiger charge is 2.37. The summed E-state index contributed by atoms with van der Waals surface area (Å²) < 4.78 is 5.63. The summed E-state index contributed by atoms with van der Waals surface area (Å²) in [7, 11) is 1.83. The molecule has 96 valence electrons. The van der Waals surface area contributed by atoms with Gasteiger partial charge in [-0.25, -0.2) is 0 Å². The maximum atomic E-state index is 12.4. The third-order valence-electron chi connectivity index (χ3n) is 3.75. The van der Waals surface area contributed by atoms with Crippen molar-refractivity contribution in [2.45, 2.75) is 25.0 Å². The van der Waals surface area contributed by atoms with Gasteiger partial charge in [0.25, 0.3) is 0 Å². The molecule has 2 atom stereocenters. The van der Waals surface area contributed by atoms with Crippen molar-refractivity contribution in [3.63, 3.8) is 0 Å². The van der Waals surface area contributed by atoms with Gasteiger partial charge in [-0.05, 0) is 26.0 Å². The average Bonchev–Trinajstić information content (AvgIpc) is 2.98. The van der Waals surface area contributed by atoms with E-state index < -0.39 is 0 Å². The van der Waals surface area contributed by atoms with Gasteiger partial charge in [0.05, 0.1) is 12.6 Å². The Morgan fingerprint density at radius 1 is 1.44 bits per heavy atom. The third kappa shape index (κ3) is 1.82. The minimum Gasteiger partial charge on any atom is -0.376 e. The highest BCUT2D eigenvalue weighted by molar-refractivity contribution is 6.04. The van der Waals surface area contributed by atoms with Gasteiger partial charge in [-0.3, -0.25) is 4.79 Å². The van der Waals surface area contributed by atoms with E-state index in [2.05, 4.69) is 5.32 Å². The number of likely N-dealkylation sites (N-methyl/N-ethyl adjacent to an activating group) is 1. The van der Waals surface area contributed by atoms with E-state index in [-0.39, 0.29) is 18.1 Å². The van der Waals surface area contributed by atoms with Crippen LogP contribution in [0.15, 0.2) is 24.3 Å². The molecule has 0 radical (unpaired) electrons. The molecule has 2 heterocycles. The monoisotopic (exact) mass is 246 g/mol. The fourth-order valence-corrected chi connectivity index (χ4v) is 2.84. The highest BCUT2D eigenvalue weighted by atomic mass is 16.5. The molecule has 1 aromatic rings. The standard InChI is InChI=1S/C14H18N2O2/c1-15-13-11-6-2-3-7-12(11)16(14(13)17)9-10-5-4-8-18-10/h2-3,6-7,10,13,15H,4-5,8-9H2,1H3. The van der Waals surface area contributed by atoms with E-state index >= 15 is 0 Å². The molecule has 2 aliphatic rings. The Morgan fingerprint density at radius 3 is 3.00 bits per heavy atom. The summed E-state index contributed by atoms with van der Waals surface area (Å²) in [5.41, 5.74) is 2.10. The number of nitrogens with one attached hydrogen (secondary N) is 1. The summed E-state index contributed by atoms with van der Waals surface area (Å²) in [6, 6.07) is 7.78. The molecule has 4 nitrogen and oxygen atoms in total. The first kappa shape index (κ1) is 11.7. The Hall–Kier alpha value is -1.39. The minimum atomic E-state index is -0.206. The fraction of sp³-hybridized carbons (Fsp3) is 0.500. The second-order valence-electron chi connectivity index (χ2n) is 4.86. The molecular weight excluding hydrogens is 228 g/mol. The number of fused-ring (bicyclic) bond motifs is 1. The molecule has 1 N–H and O–H groups in total. The molecule has 18 heavy (non-hydrogen) atoms. The van der Waals surface area contributed by atoms with Crippen molar-refractivity contribution in [3.8, 4) is 0 Å². The second kappa shape index (κ2) is 4.71. The van der Waals surface area contributed by atoms with E-state index in [0.717, 1.165) is 30.7 Å². The zero-order valence-electron chi connectivity index (χ0n) is 10.6. The molecule has 4 heteroatoms. The normalized spacial score (nSPS) is 26.7. The quantitative estimate of drug-likeness (QED) is 0.878. The van der Waals surface area contributed by atoms with Crippen molar-refractivity contribution >= 4 is 11.6 Å². The maximum Gasteiger partial charge on any atom is 0.248 e. The first-order chi connectivity index (χ1) is 8.81. The van der Waals surface area contributed by atoms with Crippen molar-refractivity contribution in [2.75, 3.05) is 25.1 Å². The predicted molar refractivity (Wildman–Crippen MR) is 69.6 cm³/mol. The van der Waals surface area contributed by atoms with E-state index in [1.165, 1.54) is 0 Å². The SMILES string of the molecule is CNC1C(=O)N(CC2CCCO2)c2ccccc21. The zero-order chi connectivity index (χ0) is 12.5. The van der Waals surface area contributed by atoms with Gasteiger partial charge in [-0.1, -0.05) is 18.2 Å². The van der Waals surface area contributed by atoms with Crippen LogP contribution in [-0.4, -0.2) is 32.2 Å². The van der Waals surface area contributed by atoms with Gasteiger partial charge in [-0.2, -0.15) is 0 Å². The summed E-state index contributed by atoms with van der Waals surface area (Å²) in [5, 5.41) is 3.09. The number of anilines is 1. The van der Waals surface area contributed by atoms with Crippen LogP contribution < -0.4 is 10.2 Å². The van der Waals surface area contributed by atoms with Gasteiger partial charge in [0.2, 0.25) is 5.91 Å². The van der Waals surface area contributed by atoms with Crippen LogP contribution in [0.3, 0.4) is 0 Å². The Labute approximate surface area is 107 Å². The molecule has 0 aliphatic carbocycles. The van der Waals surface area contributed by atoms with E-state index in [1.54, 1.807) is 0 Å². The summed E-state index contributed by atoms with van der Waals surface area (Å²) in [6.45, 7) is 1.50. The molecule has 1 fully saturated rings. The minimum absolute atomic E-state index is 0.134. The molecule has 0 saturated carbocycles. The Kier molecular flexibility index (Phi) is 3.06. The Morgan fingerprint density at radius 2 is 2.28 bits per heavy atom. The number of amides is 1. The number of hydrogen-bond acceptors (Lipinski definition) is 3. The lowest BCUT2D eigenvalue weighted by atomic mass is 10.1. The zero-order valence-corrected chi connectivity index (χ0v) is 10.6. The summed E-state index contributed by atoms with van der Waals surface area (Å²) in [6.07, 6.45) is 2.34. The van der Waals surface area contributed by atoms with Gasteiger partial charge >= 0.3 is 0 Å². The fourth-order valence-electron chi connectivity index (χ4n) is 2.84. The Balaban J connectivity index is 1.87. The number of rotatable bonds is 3. The van der Waals surface area contributed by atoms with Gasteiger partial charge in [-0.15, -0.1) is 0 Å². The largest absolute Gasteiger partial charge is 0.376 e. The van der Waals surface area contributed by atoms with Crippen molar-refractivity contribution in [2.24, 2.45) is 0 Å². The lowest BCUT2D eigenvalue weighted by Gasteiger charge is -2.21. The highest BCUT2D eigenvalue weighted by Crippen LogP contribution is 2.36. The number of carbonyl (C=O) groups is 1. The molecule has 1 aromatic carbocycles. The number of benzene rings is 1. The van der Waals surface area contributed by atoms with E-state index in [0.29, 0.717) is 6.54 Å². The van der Waals surface area contributed by atoms with Crippen molar-refractivity contribution in [1.82, 2.24) is 5.32 Å². The summed E-state index contributed by atoms with van der Waals surface area (Å²) >= 11 is 0. The number of hydrogen-bond donors (Lipinski definition) is 1. The van der Waals surface area contributed by atoms with Crippen molar-refractivity contribution in [3.05, 3.63) is 29.8 Å². The van der Waals surface area contributed by atoms with Gasteiger partial charge in [0.1, 0.15) is 6.04 Å². The smallest absolute Gasteiger partial charge is 0.248 e. The summed E-state index contributed by atoms with van der Waals surface area (Å²) in [4.78, 5) is 14.3. The molecule has 0 bridgehead atoms. The molecule has 0 aromatic heterocycles. The lowest BCUT2D eigenvalue weighted by Crippen LogP contribution is -2.38. The van der Waals surface area contributed by atoms with Gasteiger partial charge in [0, 0.05) is 17.9 Å². The molecule has 3 rings (SSSR count). The number of nitrogens with zero attached hydrogens (tertiary/aromatic N) is 1. The van der Waals surface area contributed by atoms with E-state index in [4.69, 9.17) is 4.74 Å². The second-order valence-corrected chi connectivity index (χ2v) is 4.86. The molecule has 2 unspecified atom stereocenters. The van der Waals surface area contributed by atoms with Gasteiger partial charge in [0.15, 0.2) is 0 Å². The molecule has 0 spiro atoms. The van der Waals surface area contributed by atoms with Crippen molar-refractivity contribution < 1.29 is 9.53 Å². The average molecular weight is 246 g/mol. The van der Waals surface area contributed by atoms with Crippen molar-refractivity contribution in [1.29, 1.82) is 0 Å². The van der Waals surface area contributed by atoms with Crippen LogP contribution in [0.1, 0.15) is 24.4 Å².